The summed E-state index contributed by atoms with van der Waals surface area (Å²) < 4.78 is 11.3. The lowest BCUT2D eigenvalue weighted by atomic mass is 9.91. The van der Waals surface area contributed by atoms with Crippen LogP contribution in [0, 0.1) is 18.8 Å². The predicted octanol–water partition coefficient (Wildman–Crippen LogP) is 4.39. The third-order valence-corrected chi connectivity index (χ3v) is 5.36. The highest BCUT2D eigenvalue weighted by atomic mass is 16.5. The van der Waals surface area contributed by atoms with Crippen LogP contribution in [0.3, 0.4) is 0 Å². The number of hydrogen-bond donors (Lipinski definition) is 1. The zero-order valence-electron chi connectivity index (χ0n) is 16.0. The van der Waals surface area contributed by atoms with Crippen LogP contribution >= 0.6 is 0 Å². The van der Waals surface area contributed by atoms with Crippen molar-refractivity contribution in [3.05, 3.63) is 52.7 Å². The number of carbonyl (C=O) groups excluding carboxylic acids is 1. The van der Waals surface area contributed by atoms with Crippen LogP contribution in [0.1, 0.15) is 47.5 Å². The van der Waals surface area contributed by atoms with Gasteiger partial charge in [-0.05, 0) is 48.9 Å². The Kier molecular flexibility index (Phi) is 4.56. The quantitative estimate of drug-likeness (QED) is 0.815. The highest BCUT2D eigenvalue weighted by Gasteiger charge is 2.34. The summed E-state index contributed by atoms with van der Waals surface area (Å²) in [5.41, 5.74) is 1.95. The fourth-order valence-electron chi connectivity index (χ4n) is 4.38. The lowest BCUT2D eigenvalue weighted by Crippen LogP contribution is -2.38. The Balaban J connectivity index is 1.69. The topological polar surface area (TPSA) is 62.9 Å². The van der Waals surface area contributed by atoms with Gasteiger partial charge in [0.2, 0.25) is 5.78 Å². The van der Waals surface area contributed by atoms with E-state index in [9.17, 15) is 9.90 Å². The molecule has 1 aromatic heterocycles. The van der Waals surface area contributed by atoms with Gasteiger partial charge in [0.1, 0.15) is 17.3 Å². The van der Waals surface area contributed by atoms with Crippen LogP contribution in [0.2, 0.25) is 0 Å². The maximum absolute atomic E-state index is 12.9. The van der Waals surface area contributed by atoms with E-state index in [1.807, 2.05) is 6.92 Å². The van der Waals surface area contributed by atoms with Gasteiger partial charge >= 0.3 is 0 Å². The third kappa shape index (κ3) is 3.39. The molecule has 0 aliphatic carbocycles. The van der Waals surface area contributed by atoms with Crippen molar-refractivity contribution in [2.45, 2.75) is 33.7 Å². The number of piperidine rings is 1. The van der Waals surface area contributed by atoms with Gasteiger partial charge < -0.3 is 14.3 Å². The fourth-order valence-corrected chi connectivity index (χ4v) is 4.38. The second-order valence-electron chi connectivity index (χ2n) is 7.99. The molecule has 1 fully saturated rings. The van der Waals surface area contributed by atoms with Crippen LogP contribution in [0.25, 0.3) is 6.08 Å². The number of aromatic hydroxyl groups is 1. The minimum Gasteiger partial charge on any atom is -0.507 e. The summed E-state index contributed by atoms with van der Waals surface area (Å²) in [6.07, 6.45) is 4.38. The maximum atomic E-state index is 12.9. The number of fused-ring (bicyclic) bond motifs is 1. The zero-order valence-corrected chi connectivity index (χ0v) is 16.0. The van der Waals surface area contributed by atoms with Gasteiger partial charge in [-0.3, -0.25) is 9.69 Å². The van der Waals surface area contributed by atoms with Crippen LogP contribution in [0.5, 0.6) is 11.5 Å². The van der Waals surface area contributed by atoms with Gasteiger partial charge in [-0.1, -0.05) is 13.8 Å². The first-order valence-electron chi connectivity index (χ1n) is 9.48. The maximum Gasteiger partial charge on any atom is 0.232 e. The number of ether oxygens (including phenoxy) is 1. The molecule has 2 aromatic rings. The van der Waals surface area contributed by atoms with Crippen molar-refractivity contribution in [3.63, 3.8) is 0 Å². The van der Waals surface area contributed by atoms with Gasteiger partial charge in [-0.25, -0.2) is 0 Å². The number of aryl methyl sites for hydroxylation is 1. The Morgan fingerprint density at radius 3 is 2.70 bits per heavy atom. The Morgan fingerprint density at radius 2 is 2.04 bits per heavy atom. The van der Waals surface area contributed by atoms with Crippen molar-refractivity contribution < 1.29 is 19.1 Å². The Bertz CT molecular complexity index is 888. The highest BCUT2D eigenvalue weighted by molar-refractivity contribution is 6.15. The molecule has 0 amide bonds. The Hall–Kier alpha value is -2.53. The molecule has 1 aromatic carbocycles. The Morgan fingerprint density at radius 1 is 1.30 bits per heavy atom. The van der Waals surface area contributed by atoms with Crippen LogP contribution in [0.15, 0.2) is 34.6 Å². The molecule has 0 radical (unpaired) electrons. The van der Waals surface area contributed by atoms with Crippen molar-refractivity contribution in [2.24, 2.45) is 11.8 Å². The molecule has 5 nitrogen and oxygen atoms in total. The number of carbonyl (C=O) groups is 1. The van der Waals surface area contributed by atoms with Gasteiger partial charge in [0.25, 0.3) is 0 Å². The van der Waals surface area contributed by atoms with Gasteiger partial charge in [0, 0.05) is 25.7 Å². The smallest absolute Gasteiger partial charge is 0.232 e. The summed E-state index contributed by atoms with van der Waals surface area (Å²) in [5, 5.41) is 10.6. The number of hydrogen-bond acceptors (Lipinski definition) is 5. The van der Waals surface area contributed by atoms with E-state index in [2.05, 4.69) is 18.7 Å². The van der Waals surface area contributed by atoms with Crippen LogP contribution < -0.4 is 4.74 Å². The zero-order chi connectivity index (χ0) is 19.1. The molecular weight excluding hydrogens is 342 g/mol. The first kappa shape index (κ1) is 17.9. The lowest BCUT2D eigenvalue weighted by molar-refractivity contribution is 0.101. The normalized spacial score (nSPS) is 24.3. The number of nitrogens with zero attached hydrogens (tertiary/aromatic N) is 1. The molecule has 1 saturated heterocycles. The van der Waals surface area contributed by atoms with E-state index in [0.29, 0.717) is 41.0 Å². The van der Waals surface area contributed by atoms with Crippen LogP contribution in [-0.2, 0) is 6.54 Å². The van der Waals surface area contributed by atoms with Gasteiger partial charge in [0.05, 0.1) is 17.4 Å². The van der Waals surface area contributed by atoms with Crippen molar-refractivity contribution in [3.8, 4) is 11.5 Å². The number of phenolic OH excluding ortho intramolecular Hbond substituents is 1. The number of allylic oxidation sites excluding steroid dienone is 1. The summed E-state index contributed by atoms with van der Waals surface area (Å²) in [6, 6.07) is 5.20. The molecule has 5 heteroatoms. The van der Waals surface area contributed by atoms with Crippen molar-refractivity contribution >= 4 is 11.9 Å². The second-order valence-corrected chi connectivity index (χ2v) is 7.99. The molecular formula is C22H25NO4. The van der Waals surface area contributed by atoms with E-state index < -0.39 is 0 Å². The van der Waals surface area contributed by atoms with Gasteiger partial charge in [0.15, 0.2) is 5.76 Å². The number of benzene rings is 1. The number of likely N-dealkylation sites (tertiary alicyclic amines) is 1. The minimum absolute atomic E-state index is 0.166. The van der Waals surface area contributed by atoms with Crippen molar-refractivity contribution in [1.82, 2.24) is 4.90 Å². The monoisotopic (exact) mass is 367 g/mol. The molecule has 1 N–H and O–H groups in total. The van der Waals surface area contributed by atoms with Crippen molar-refractivity contribution in [2.75, 3.05) is 13.1 Å². The molecule has 0 bridgehead atoms. The Labute approximate surface area is 159 Å². The molecule has 0 saturated carbocycles. The molecule has 2 aliphatic heterocycles. The van der Waals surface area contributed by atoms with Crippen molar-refractivity contribution in [1.29, 1.82) is 0 Å². The van der Waals surface area contributed by atoms with E-state index in [0.717, 1.165) is 18.7 Å². The average molecular weight is 367 g/mol. The van der Waals surface area contributed by atoms with E-state index >= 15 is 0 Å². The molecule has 2 unspecified atom stereocenters. The van der Waals surface area contributed by atoms with E-state index in [1.165, 1.54) is 6.42 Å². The standard InChI is InChI=1S/C22H25NO4/c1-13-7-14(2)11-23(10-13)12-17-18(24)8-15(3)20-21(25)19(27-22(17)20)9-16-5-4-6-26-16/h4-6,8-9,13-14,24H,7,10-12H2,1-3H3/b19-9+. The van der Waals surface area contributed by atoms with Crippen LogP contribution in [0.4, 0.5) is 0 Å². The summed E-state index contributed by atoms with van der Waals surface area (Å²) >= 11 is 0. The molecule has 4 rings (SSSR count). The average Bonchev–Trinajstić information content (AvgIpc) is 3.20. The molecule has 27 heavy (non-hydrogen) atoms. The minimum atomic E-state index is -0.166. The third-order valence-electron chi connectivity index (χ3n) is 5.36. The first-order chi connectivity index (χ1) is 12.9. The largest absolute Gasteiger partial charge is 0.507 e. The second kappa shape index (κ2) is 6.89. The predicted molar refractivity (Wildman–Crippen MR) is 103 cm³/mol. The number of ketones is 1. The summed E-state index contributed by atoms with van der Waals surface area (Å²) in [4.78, 5) is 15.2. The molecule has 142 valence electrons. The van der Waals surface area contributed by atoms with Crippen LogP contribution in [-0.4, -0.2) is 28.9 Å². The number of phenols is 1. The fraction of sp³-hybridized carbons (Fsp3) is 0.409. The van der Waals surface area contributed by atoms with E-state index in [1.54, 1.807) is 30.5 Å². The number of Topliss-reactive ketones (excluding diaryl/α,β-unsaturated/α-hetero) is 1. The van der Waals surface area contributed by atoms with E-state index in [-0.39, 0.29) is 17.3 Å². The number of furan rings is 1. The molecule has 2 aliphatic rings. The SMILES string of the molecule is Cc1cc(O)c(CN2CC(C)CC(C)C2)c2c1C(=O)/C(=C\c1ccco1)O2. The summed E-state index contributed by atoms with van der Waals surface area (Å²) in [5.74, 6) is 2.53. The lowest BCUT2D eigenvalue weighted by Gasteiger charge is -2.35. The summed E-state index contributed by atoms with van der Waals surface area (Å²) in [6.45, 7) is 8.87. The van der Waals surface area contributed by atoms with E-state index in [4.69, 9.17) is 9.15 Å². The first-order valence-corrected chi connectivity index (χ1v) is 9.48. The molecule has 0 spiro atoms. The molecule has 3 heterocycles. The van der Waals surface area contributed by atoms with Gasteiger partial charge in [-0.2, -0.15) is 0 Å². The number of rotatable bonds is 3. The summed E-state index contributed by atoms with van der Waals surface area (Å²) in [7, 11) is 0. The van der Waals surface area contributed by atoms with Gasteiger partial charge in [-0.15, -0.1) is 0 Å². The molecule has 2 atom stereocenters. The highest BCUT2D eigenvalue weighted by Crippen LogP contribution is 2.42.